The van der Waals surface area contributed by atoms with Crippen LogP contribution in [0.4, 0.5) is 0 Å². The number of guanidine groups is 1. The molecule has 0 aromatic rings. The summed E-state index contributed by atoms with van der Waals surface area (Å²) >= 11 is 0. The van der Waals surface area contributed by atoms with Crippen molar-refractivity contribution in [3.8, 4) is 0 Å². The summed E-state index contributed by atoms with van der Waals surface area (Å²) in [6.07, 6.45) is 5.84. The van der Waals surface area contributed by atoms with Crippen LogP contribution in [-0.4, -0.2) is 98.2 Å². The third kappa shape index (κ3) is 3.81. The van der Waals surface area contributed by atoms with Crippen molar-refractivity contribution in [3.63, 3.8) is 0 Å². The number of hydrogen-bond donors (Lipinski definition) is 1. The third-order valence-corrected chi connectivity index (χ3v) is 7.02. The Bertz CT molecular complexity index is 563. The number of fused-ring (bicyclic) bond motifs is 5. The summed E-state index contributed by atoms with van der Waals surface area (Å²) in [5.41, 5.74) is 0. The van der Waals surface area contributed by atoms with Gasteiger partial charge in [-0.05, 0) is 38.8 Å². The molecule has 0 aromatic carbocycles. The van der Waals surface area contributed by atoms with Crippen LogP contribution in [0.1, 0.15) is 32.6 Å². The van der Waals surface area contributed by atoms with Gasteiger partial charge in [0.05, 0.1) is 12.2 Å². The fourth-order valence-electron chi connectivity index (χ4n) is 5.44. The molecule has 4 fully saturated rings. The van der Waals surface area contributed by atoms with E-state index in [9.17, 15) is 4.79 Å². The van der Waals surface area contributed by atoms with Gasteiger partial charge in [0.2, 0.25) is 5.91 Å². The molecule has 0 spiro atoms. The second-order valence-corrected chi connectivity index (χ2v) is 8.76. The van der Waals surface area contributed by atoms with Crippen molar-refractivity contribution in [2.24, 2.45) is 16.8 Å². The normalized spacial score (nSPS) is 35.7. The zero-order chi connectivity index (χ0) is 19.0. The van der Waals surface area contributed by atoms with E-state index in [1.807, 2.05) is 0 Å². The first kappa shape index (κ1) is 19.0. The highest BCUT2D eigenvalue weighted by molar-refractivity contribution is 5.85. The molecule has 7 heteroatoms. The molecule has 1 N–H and O–H groups in total. The van der Waals surface area contributed by atoms with Crippen LogP contribution >= 0.6 is 0 Å². The maximum atomic E-state index is 12.1. The van der Waals surface area contributed by atoms with Crippen LogP contribution in [0.15, 0.2) is 4.99 Å². The van der Waals surface area contributed by atoms with Crippen LogP contribution in [0.2, 0.25) is 0 Å². The fraction of sp³-hybridized carbons (Fsp3) is 0.900. The maximum absolute atomic E-state index is 12.1. The number of nitrogens with one attached hydrogen (secondary N) is 1. The Kier molecular flexibility index (Phi) is 5.60. The second kappa shape index (κ2) is 7.95. The van der Waals surface area contributed by atoms with Crippen LogP contribution in [0.3, 0.4) is 0 Å². The van der Waals surface area contributed by atoms with E-state index >= 15 is 0 Å². The van der Waals surface area contributed by atoms with Gasteiger partial charge in [0.25, 0.3) is 0 Å². The van der Waals surface area contributed by atoms with Crippen LogP contribution < -0.4 is 5.32 Å². The molecule has 4 heterocycles. The monoisotopic (exact) mass is 377 g/mol. The van der Waals surface area contributed by atoms with Gasteiger partial charge < -0.3 is 19.9 Å². The smallest absolute Gasteiger partial charge is 0.243 e. The summed E-state index contributed by atoms with van der Waals surface area (Å²) in [4.78, 5) is 23.3. The molecule has 4 saturated heterocycles. The van der Waals surface area contributed by atoms with Crippen LogP contribution in [0, 0.1) is 11.8 Å². The minimum atomic E-state index is 0.0492. The minimum Gasteiger partial charge on any atom is -0.374 e. The van der Waals surface area contributed by atoms with Gasteiger partial charge >= 0.3 is 0 Å². The Labute approximate surface area is 163 Å². The second-order valence-electron chi connectivity index (χ2n) is 8.76. The number of hydrogen-bond acceptors (Lipinski definition) is 4. The summed E-state index contributed by atoms with van der Waals surface area (Å²) in [5, 5.41) is 3.62. The molecule has 2 bridgehead atoms. The van der Waals surface area contributed by atoms with Gasteiger partial charge in [-0.3, -0.25) is 9.69 Å². The van der Waals surface area contributed by atoms with Gasteiger partial charge in [0.1, 0.15) is 6.54 Å². The first-order chi connectivity index (χ1) is 13.1. The summed E-state index contributed by atoms with van der Waals surface area (Å²) in [6.45, 7) is 7.69. The van der Waals surface area contributed by atoms with Crippen LogP contribution in [0.5, 0.6) is 0 Å². The largest absolute Gasteiger partial charge is 0.374 e. The highest BCUT2D eigenvalue weighted by Gasteiger charge is 2.53. The predicted molar refractivity (Wildman–Crippen MR) is 106 cm³/mol. The Balaban J connectivity index is 1.42. The van der Waals surface area contributed by atoms with Crippen LogP contribution in [-0.2, 0) is 9.53 Å². The molecule has 4 rings (SSSR count). The highest BCUT2D eigenvalue weighted by Crippen LogP contribution is 2.47. The average Bonchev–Trinajstić information content (AvgIpc) is 3.41. The zero-order valence-corrected chi connectivity index (χ0v) is 17.1. The Hall–Kier alpha value is -1.34. The number of likely N-dealkylation sites (tertiary alicyclic amines) is 2. The topological polar surface area (TPSA) is 60.4 Å². The predicted octanol–water partition coefficient (Wildman–Crippen LogP) is 0.614. The third-order valence-electron chi connectivity index (χ3n) is 7.02. The molecule has 4 aliphatic rings. The zero-order valence-electron chi connectivity index (χ0n) is 17.1. The minimum absolute atomic E-state index is 0.0492. The van der Waals surface area contributed by atoms with E-state index in [1.165, 1.54) is 32.2 Å². The van der Waals surface area contributed by atoms with Crippen molar-refractivity contribution in [1.82, 2.24) is 20.0 Å². The van der Waals surface area contributed by atoms with Crippen molar-refractivity contribution >= 4 is 11.9 Å². The Morgan fingerprint density at radius 2 is 1.89 bits per heavy atom. The lowest BCUT2D eigenvalue weighted by Crippen LogP contribution is -2.47. The van der Waals surface area contributed by atoms with E-state index in [4.69, 9.17) is 9.73 Å². The standard InChI is InChI=1S/C20H35N5O2/c1-4-24-9-5-6-14(24)10-21-20(22-11-19(26)23(2)3)25-12-15-16(13-25)18-8-7-17(15)27-18/h14-18H,4-13H2,1-3H3,(H,21,22). The molecule has 1 amide bonds. The number of nitrogens with zero attached hydrogens (tertiary/aromatic N) is 4. The van der Waals surface area contributed by atoms with Gasteiger partial charge in [0, 0.05) is 51.6 Å². The first-order valence-electron chi connectivity index (χ1n) is 10.7. The number of amides is 1. The first-order valence-corrected chi connectivity index (χ1v) is 10.7. The SMILES string of the molecule is CCN1CCCC1CNC(=NCC(=O)N(C)C)N1CC2C3CCC(O3)C2C1. The summed E-state index contributed by atoms with van der Waals surface area (Å²) in [5.74, 6) is 2.24. The highest BCUT2D eigenvalue weighted by atomic mass is 16.5. The van der Waals surface area contributed by atoms with Gasteiger partial charge in [-0.25, -0.2) is 4.99 Å². The molecule has 0 radical (unpaired) electrons. The van der Waals surface area contributed by atoms with Crippen molar-refractivity contribution in [1.29, 1.82) is 0 Å². The molecule has 152 valence electrons. The van der Waals surface area contributed by atoms with Crippen molar-refractivity contribution in [3.05, 3.63) is 0 Å². The summed E-state index contributed by atoms with van der Waals surface area (Å²) < 4.78 is 6.11. The lowest BCUT2D eigenvalue weighted by Gasteiger charge is -2.28. The lowest BCUT2D eigenvalue weighted by atomic mass is 9.82. The van der Waals surface area contributed by atoms with E-state index in [-0.39, 0.29) is 12.5 Å². The van der Waals surface area contributed by atoms with Gasteiger partial charge in [-0.1, -0.05) is 6.92 Å². The quantitative estimate of drug-likeness (QED) is 0.562. The average molecular weight is 378 g/mol. The van der Waals surface area contributed by atoms with E-state index in [0.717, 1.165) is 32.1 Å². The Morgan fingerprint density at radius 3 is 2.52 bits per heavy atom. The molecular formula is C20H35N5O2. The summed E-state index contributed by atoms with van der Waals surface area (Å²) in [7, 11) is 3.58. The van der Waals surface area contributed by atoms with Gasteiger partial charge in [-0.15, -0.1) is 0 Å². The van der Waals surface area contributed by atoms with Crippen molar-refractivity contribution < 1.29 is 9.53 Å². The molecule has 0 aromatic heterocycles. The molecule has 0 saturated carbocycles. The van der Waals surface area contributed by atoms with E-state index < -0.39 is 0 Å². The molecule has 4 aliphatic heterocycles. The van der Waals surface area contributed by atoms with E-state index in [1.54, 1.807) is 19.0 Å². The number of carbonyl (C=O) groups is 1. The van der Waals surface area contributed by atoms with E-state index in [2.05, 4.69) is 22.0 Å². The number of ether oxygens (including phenoxy) is 1. The number of likely N-dealkylation sites (N-methyl/N-ethyl adjacent to an activating group) is 2. The van der Waals surface area contributed by atoms with E-state index in [0.29, 0.717) is 30.1 Å². The molecule has 7 nitrogen and oxygen atoms in total. The van der Waals surface area contributed by atoms with Crippen molar-refractivity contribution in [2.75, 3.05) is 53.4 Å². The molecular weight excluding hydrogens is 342 g/mol. The van der Waals surface area contributed by atoms with Crippen molar-refractivity contribution in [2.45, 2.75) is 50.9 Å². The fourth-order valence-corrected chi connectivity index (χ4v) is 5.44. The number of aliphatic imine (C=N–C) groups is 1. The van der Waals surface area contributed by atoms with Gasteiger partial charge in [-0.2, -0.15) is 0 Å². The molecule has 27 heavy (non-hydrogen) atoms. The molecule has 5 atom stereocenters. The van der Waals surface area contributed by atoms with Gasteiger partial charge in [0.15, 0.2) is 5.96 Å². The lowest BCUT2D eigenvalue weighted by molar-refractivity contribution is -0.127. The maximum Gasteiger partial charge on any atom is 0.243 e. The molecule has 0 aliphatic carbocycles. The van der Waals surface area contributed by atoms with Crippen LogP contribution in [0.25, 0.3) is 0 Å². The summed E-state index contributed by atoms with van der Waals surface area (Å²) in [6, 6.07) is 0.575. The molecule has 5 unspecified atom stereocenters. The number of carbonyl (C=O) groups excluding carboxylic acids is 1. The Morgan fingerprint density at radius 1 is 1.19 bits per heavy atom. The number of rotatable bonds is 5.